The summed E-state index contributed by atoms with van der Waals surface area (Å²) in [7, 11) is 0. The van der Waals surface area contributed by atoms with Crippen molar-refractivity contribution in [1.29, 1.82) is 0 Å². The summed E-state index contributed by atoms with van der Waals surface area (Å²) in [5.41, 5.74) is 10.4. The molecule has 0 aliphatic carbocycles. The lowest BCUT2D eigenvalue weighted by Crippen LogP contribution is -1.93. The Balaban J connectivity index is 2.02. The van der Waals surface area contributed by atoms with Gasteiger partial charge in [-0.2, -0.15) is 0 Å². The summed E-state index contributed by atoms with van der Waals surface area (Å²) in [6.07, 6.45) is 1.05. The van der Waals surface area contributed by atoms with Crippen LogP contribution in [0.5, 0.6) is 0 Å². The molecule has 0 saturated carbocycles. The van der Waals surface area contributed by atoms with Crippen molar-refractivity contribution < 1.29 is 4.42 Å². The number of nitrogens with two attached hydrogens (primary N) is 1. The maximum Gasteiger partial charge on any atom is 0.227 e. The lowest BCUT2D eigenvalue weighted by molar-refractivity contribution is 0.619. The maximum absolute atomic E-state index is 5.80. The van der Waals surface area contributed by atoms with E-state index in [2.05, 4.69) is 31.0 Å². The molecule has 3 rings (SSSR count). The largest absolute Gasteiger partial charge is 0.436 e. The van der Waals surface area contributed by atoms with Crippen molar-refractivity contribution >= 4 is 16.8 Å². The number of fused-ring (bicyclic) bond motifs is 1. The van der Waals surface area contributed by atoms with Crippen LogP contribution >= 0.6 is 0 Å². The summed E-state index contributed by atoms with van der Waals surface area (Å²) in [5, 5.41) is 0. The van der Waals surface area contributed by atoms with Gasteiger partial charge in [0.05, 0.1) is 0 Å². The summed E-state index contributed by atoms with van der Waals surface area (Å²) in [4.78, 5) is 4.57. The molecule has 20 heavy (non-hydrogen) atoms. The van der Waals surface area contributed by atoms with E-state index >= 15 is 0 Å². The van der Waals surface area contributed by atoms with E-state index < -0.39 is 0 Å². The van der Waals surface area contributed by atoms with Crippen LogP contribution in [0.25, 0.3) is 22.6 Å². The third-order valence-electron chi connectivity index (χ3n) is 3.23. The Kier molecular flexibility index (Phi) is 3.18. The number of benzene rings is 2. The zero-order valence-corrected chi connectivity index (χ0v) is 11.8. The minimum absolute atomic E-state index is 0.619. The van der Waals surface area contributed by atoms with E-state index in [1.807, 2.05) is 30.3 Å². The number of oxazole rings is 1. The van der Waals surface area contributed by atoms with E-state index in [1.165, 1.54) is 5.56 Å². The van der Waals surface area contributed by atoms with Gasteiger partial charge in [-0.15, -0.1) is 0 Å². The summed E-state index contributed by atoms with van der Waals surface area (Å²) in [6.45, 7) is 4.43. The Bertz CT molecular complexity index is 744. The predicted molar refractivity (Wildman–Crippen MR) is 82.4 cm³/mol. The molecule has 0 amide bonds. The van der Waals surface area contributed by atoms with Gasteiger partial charge in [0.2, 0.25) is 5.89 Å². The van der Waals surface area contributed by atoms with Crippen LogP contribution in [0.4, 0.5) is 5.69 Å². The third kappa shape index (κ3) is 2.52. The van der Waals surface area contributed by atoms with Crippen LogP contribution in [0.2, 0.25) is 0 Å². The standard InChI is InChI=1S/C17H18N2O/c1-11(2)8-12-6-7-16-15(9-12)19-17(20-16)13-4-3-5-14(18)10-13/h3-7,9-11H,8,18H2,1-2H3. The second-order valence-electron chi connectivity index (χ2n) is 5.54. The molecule has 3 nitrogen and oxygen atoms in total. The van der Waals surface area contributed by atoms with Crippen molar-refractivity contribution in [2.24, 2.45) is 5.92 Å². The lowest BCUT2D eigenvalue weighted by Gasteiger charge is -2.03. The Morgan fingerprint density at radius 1 is 1.15 bits per heavy atom. The van der Waals surface area contributed by atoms with Gasteiger partial charge in [-0.1, -0.05) is 26.0 Å². The number of hydrogen-bond donors (Lipinski definition) is 1. The van der Waals surface area contributed by atoms with Crippen LogP contribution in [0.1, 0.15) is 19.4 Å². The quantitative estimate of drug-likeness (QED) is 0.720. The van der Waals surface area contributed by atoms with Crippen LogP contribution in [0, 0.1) is 5.92 Å². The molecule has 0 unspecified atom stereocenters. The smallest absolute Gasteiger partial charge is 0.227 e. The molecule has 3 aromatic rings. The van der Waals surface area contributed by atoms with Crippen LogP contribution in [-0.2, 0) is 6.42 Å². The van der Waals surface area contributed by atoms with Gasteiger partial charge in [-0.25, -0.2) is 4.98 Å². The van der Waals surface area contributed by atoms with E-state index in [1.54, 1.807) is 0 Å². The normalized spacial score (nSPS) is 11.3. The van der Waals surface area contributed by atoms with Gasteiger partial charge in [-0.3, -0.25) is 0 Å². The number of hydrogen-bond acceptors (Lipinski definition) is 3. The van der Waals surface area contributed by atoms with Crippen LogP contribution in [0.15, 0.2) is 46.9 Å². The van der Waals surface area contributed by atoms with Gasteiger partial charge in [-0.05, 0) is 48.2 Å². The van der Waals surface area contributed by atoms with Gasteiger partial charge in [0.15, 0.2) is 5.58 Å². The average molecular weight is 266 g/mol. The summed E-state index contributed by atoms with van der Waals surface area (Å²) in [6, 6.07) is 13.8. The van der Waals surface area contributed by atoms with Crippen molar-refractivity contribution in [3.05, 3.63) is 48.0 Å². The van der Waals surface area contributed by atoms with Gasteiger partial charge in [0.25, 0.3) is 0 Å². The highest BCUT2D eigenvalue weighted by atomic mass is 16.3. The Hall–Kier alpha value is -2.29. The van der Waals surface area contributed by atoms with E-state index in [0.29, 0.717) is 17.5 Å². The second-order valence-corrected chi connectivity index (χ2v) is 5.54. The highest BCUT2D eigenvalue weighted by molar-refractivity contribution is 5.77. The molecule has 2 aromatic carbocycles. The van der Waals surface area contributed by atoms with Crippen molar-refractivity contribution in [3.8, 4) is 11.5 Å². The van der Waals surface area contributed by atoms with Crippen LogP contribution in [-0.4, -0.2) is 4.98 Å². The maximum atomic E-state index is 5.80. The Morgan fingerprint density at radius 3 is 2.75 bits per heavy atom. The Morgan fingerprint density at radius 2 is 2.00 bits per heavy atom. The predicted octanol–water partition coefficient (Wildman–Crippen LogP) is 4.28. The fourth-order valence-corrected chi connectivity index (χ4v) is 2.37. The molecule has 0 aliphatic rings. The first-order chi connectivity index (χ1) is 9.61. The molecule has 0 saturated heterocycles. The highest BCUT2D eigenvalue weighted by Gasteiger charge is 2.09. The molecule has 0 radical (unpaired) electrons. The minimum Gasteiger partial charge on any atom is -0.436 e. The molecular weight excluding hydrogens is 248 g/mol. The number of anilines is 1. The van der Waals surface area contributed by atoms with Crippen molar-refractivity contribution in [2.45, 2.75) is 20.3 Å². The van der Waals surface area contributed by atoms with Crippen molar-refractivity contribution in [1.82, 2.24) is 4.98 Å². The second kappa shape index (κ2) is 5.00. The van der Waals surface area contributed by atoms with Crippen molar-refractivity contribution in [3.63, 3.8) is 0 Å². The van der Waals surface area contributed by atoms with Gasteiger partial charge < -0.3 is 10.2 Å². The summed E-state index contributed by atoms with van der Waals surface area (Å²) in [5.74, 6) is 1.25. The number of nitrogens with zero attached hydrogens (tertiary/aromatic N) is 1. The molecule has 102 valence electrons. The topological polar surface area (TPSA) is 52.0 Å². The molecule has 1 heterocycles. The monoisotopic (exact) mass is 266 g/mol. The first-order valence-corrected chi connectivity index (χ1v) is 6.87. The third-order valence-corrected chi connectivity index (χ3v) is 3.23. The van der Waals surface area contributed by atoms with Crippen molar-refractivity contribution in [2.75, 3.05) is 5.73 Å². The first-order valence-electron chi connectivity index (χ1n) is 6.87. The fourth-order valence-electron chi connectivity index (χ4n) is 2.37. The lowest BCUT2D eigenvalue weighted by atomic mass is 10.0. The number of aromatic nitrogens is 1. The first kappa shape index (κ1) is 12.7. The fraction of sp³-hybridized carbons (Fsp3) is 0.235. The molecule has 0 fully saturated rings. The Labute approximate surface area is 118 Å². The van der Waals surface area contributed by atoms with E-state index in [0.717, 1.165) is 23.1 Å². The summed E-state index contributed by atoms with van der Waals surface area (Å²) >= 11 is 0. The molecule has 0 spiro atoms. The average Bonchev–Trinajstić information content (AvgIpc) is 2.81. The molecular formula is C17H18N2O. The SMILES string of the molecule is CC(C)Cc1ccc2oc(-c3cccc(N)c3)nc2c1. The summed E-state index contributed by atoms with van der Waals surface area (Å²) < 4.78 is 5.80. The van der Waals surface area contributed by atoms with Gasteiger partial charge in [0.1, 0.15) is 5.52 Å². The molecule has 0 atom stereocenters. The number of rotatable bonds is 3. The zero-order chi connectivity index (χ0) is 14.1. The van der Waals surface area contributed by atoms with E-state index in [9.17, 15) is 0 Å². The van der Waals surface area contributed by atoms with E-state index in [-0.39, 0.29) is 0 Å². The molecule has 2 N–H and O–H groups in total. The van der Waals surface area contributed by atoms with Crippen LogP contribution < -0.4 is 5.73 Å². The highest BCUT2D eigenvalue weighted by Crippen LogP contribution is 2.26. The van der Waals surface area contributed by atoms with Gasteiger partial charge >= 0.3 is 0 Å². The molecule has 0 aliphatic heterocycles. The van der Waals surface area contributed by atoms with Crippen LogP contribution in [0.3, 0.4) is 0 Å². The number of nitrogen functional groups attached to an aromatic ring is 1. The zero-order valence-electron chi connectivity index (χ0n) is 11.8. The minimum atomic E-state index is 0.619. The molecule has 1 aromatic heterocycles. The van der Waals surface area contributed by atoms with E-state index in [4.69, 9.17) is 10.2 Å². The van der Waals surface area contributed by atoms with Gasteiger partial charge in [0, 0.05) is 11.3 Å². The molecule has 3 heteroatoms. The molecule has 0 bridgehead atoms.